The van der Waals surface area contributed by atoms with Gasteiger partial charge in [0, 0.05) is 6.54 Å². The summed E-state index contributed by atoms with van der Waals surface area (Å²) >= 11 is 0. The summed E-state index contributed by atoms with van der Waals surface area (Å²) in [4.78, 5) is 32.6. The summed E-state index contributed by atoms with van der Waals surface area (Å²) in [5.41, 5.74) is 0. The van der Waals surface area contributed by atoms with Crippen molar-refractivity contribution in [1.29, 1.82) is 0 Å². The molecule has 7 nitrogen and oxygen atoms in total. The van der Waals surface area contributed by atoms with Crippen molar-refractivity contribution in [3.8, 4) is 0 Å². The molecular weight excluding hydrogens is 264 g/mol. The predicted molar refractivity (Wildman–Crippen MR) is 73.6 cm³/mol. The zero-order valence-electron chi connectivity index (χ0n) is 11.9. The second kappa shape index (κ2) is 11.1. The summed E-state index contributed by atoms with van der Waals surface area (Å²) in [5, 5.41) is 21.9. The number of carboxylic acids is 2. The van der Waals surface area contributed by atoms with Crippen molar-refractivity contribution in [3.63, 3.8) is 0 Å². The quantitative estimate of drug-likeness (QED) is 0.431. The number of carboxylic acid groups (broad SMARTS) is 2. The Morgan fingerprint density at radius 3 is 2.15 bits per heavy atom. The van der Waals surface area contributed by atoms with Gasteiger partial charge in [-0.1, -0.05) is 39.0 Å². The van der Waals surface area contributed by atoms with Crippen LogP contribution in [0.25, 0.3) is 0 Å². The zero-order valence-corrected chi connectivity index (χ0v) is 11.9. The van der Waals surface area contributed by atoms with Gasteiger partial charge in [0.15, 0.2) is 0 Å². The normalized spacial score (nSPS) is 11.7. The monoisotopic (exact) mass is 288 g/mol. The minimum absolute atomic E-state index is 0.456. The van der Waals surface area contributed by atoms with Crippen LogP contribution >= 0.6 is 0 Å². The van der Waals surface area contributed by atoms with Gasteiger partial charge in [0.1, 0.15) is 6.04 Å². The van der Waals surface area contributed by atoms with Crippen molar-refractivity contribution in [1.82, 2.24) is 10.6 Å². The van der Waals surface area contributed by atoms with Gasteiger partial charge in [-0.2, -0.15) is 0 Å². The molecule has 0 aromatic carbocycles. The number of carbonyl (C=O) groups is 3. The van der Waals surface area contributed by atoms with Gasteiger partial charge in [-0.05, 0) is 6.42 Å². The summed E-state index contributed by atoms with van der Waals surface area (Å²) < 4.78 is 0. The Morgan fingerprint density at radius 2 is 1.60 bits per heavy atom. The van der Waals surface area contributed by atoms with Crippen LogP contribution in [0.1, 0.15) is 51.9 Å². The zero-order chi connectivity index (χ0) is 15.4. The molecule has 0 aliphatic rings. The fourth-order valence-corrected chi connectivity index (χ4v) is 1.69. The molecule has 0 rings (SSSR count). The lowest BCUT2D eigenvalue weighted by atomic mass is 10.1. The lowest BCUT2D eigenvalue weighted by Crippen LogP contribution is -2.47. The summed E-state index contributed by atoms with van der Waals surface area (Å²) in [7, 11) is 0. The molecule has 0 aliphatic carbocycles. The molecule has 0 aromatic rings. The first kappa shape index (κ1) is 18.2. The summed E-state index contributed by atoms with van der Waals surface area (Å²) in [5.74, 6) is -2.63. The number of nitrogens with one attached hydrogen (secondary N) is 2. The van der Waals surface area contributed by atoms with Crippen LogP contribution < -0.4 is 10.6 Å². The van der Waals surface area contributed by atoms with Crippen molar-refractivity contribution in [2.45, 2.75) is 57.9 Å². The molecular formula is C13H24N2O5. The first-order chi connectivity index (χ1) is 9.47. The maximum absolute atomic E-state index is 11.4. The van der Waals surface area contributed by atoms with E-state index in [9.17, 15) is 14.4 Å². The Hall–Kier alpha value is -1.79. The van der Waals surface area contributed by atoms with Crippen LogP contribution in [0.15, 0.2) is 0 Å². The molecule has 0 bridgehead atoms. The number of unbranched alkanes of at least 4 members (excludes halogenated alkanes) is 5. The van der Waals surface area contributed by atoms with Gasteiger partial charge in [0.2, 0.25) is 0 Å². The van der Waals surface area contributed by atoms with E-state index in [-0.39, 0.29) is 0 Å². The molecule has 1 atom stereocenters. The van der Waals surface area contributed by atoms with Gasteiger partial charge in [-0.25, -0.2) is 9.59 Å². The van der Waals surface area contributed by atoms with E-state index in [0.29, 0.717) is 6.54 Å². The van der Waals surface area contributed by atoms with Gasteiger partial charge in [-0.15, -0.1) is 0 Å². The van der Waals surface area contributed by atoms with E-state index in [4.69, 9.17) is 10.2 Å². The van der Waals surface area contributed by atoms with Crippen molar-refractivity contribution in [2.75, 3.05) is 6.54 Å². The van der Waals surface area contributed by atoms with Crippen LogP contribution in [0.5, 0.6) is 0 Å². The Balaban J connectivity index is 3.75. The standard InChI is InChI=1S/C13H24N2O5/c1-2-3-4-5-6-7-8-14-13(20)15-10(12(18)19)9-11(16)17/h10H,2-9H2,1H3,(H,16,17)(H,18,19)(H2,14,15,20). The van der Waals surface area contributed by atoms with Crippen LogP contribution in [0.4, 0.5) is 4.79 Å². The first-order valence-electron chi connectivity index (χ1n) is 6.96. The third-order valence-electron chi connectivity index (χ3n) is 2.80. The van der Waals surface area contributed by atoms with E-state index in [1.807, 2.05) is 0 Å². The maximum atomic E-state index is 11.4. The Bertz CT molecular complexity index is 320. The third kappa shape index (κ3) is 10.2. The molecule has 0 heterocycles. The number of rotatable bonds is 11. The molecule has 0 spiro atoms. The van der Waals surface area contributed by atoms with Crippen LogP contribution in [0.2, 0.25) is 0 Å². The van der Waals surface area contributed by atoms with E-state index in [2.05, 4.69) is 17.6 Å². The Kier molecular flexibility index (Phi) is 10.1. The van der Waals surface area contributed by atoms with Crippen LogP contribution in [0.3, 0.4) is 0 Å². The van der Waals surface area contributed by atoms with Crippen LogP contribution in [-0.2, 0) is 9.59 Å². The Morgan fingerprint density at radius 1 is 1.00 bits per heavy atom. The topological polar surface area (TPSA) is 116 Å². The average Bonchev–Trinajstić information content (AvgIpc) is 2.36. The number of aliphatic carboxylic acids is 2. The molecule has 116 valence electrons. The minimum atomic E-state index is -1.41. The van der Waals surface area contributed by atoms with Gasteiger partial charge < -0.3 is 20.8 Å². The lowest BCUT2D eigenvalue weighted by Gasteiger charge is -2.13. The number of hydrogen-bond acceptors (Lipinski definition) is 3. The molecule has 0 radical (unpaired) electrons. The highest BCUT2D eigenvalue weighted by molar-refractivity contribution is 5.86. The van der Waals surface area contributed by atoms with E-state index in [0.717, 1.165) is 19.3 Å². The summed E-state index contributed by atoms with van der Waals surface area (Å²) in [6.45, 7) is 2.60. The third-order valence-corrected chi connectivity index (χ3v) is 2.80. The maximum Gasteiger partial charge on any atom is 0.326 e. The molecule has 2 amide bonds. The smallest absolute Gasteiger partial charge is 0.326 e. The second-order valence-electron chi connectivity index (χ2n) is 4.66. The minimum Gasteiger partial charge on any atom is -0.481 e. The van der Waals surface area contributed by atoms with Crippen molar-refractivity contribution in [3.05, 3.63) is 0 Å². The fourth-order valence-electron chi connectivity index (χ4n) is 1.69. The van der Waals surface area contributed by atoms with Gasteiger partial charge >= 0.3 is 18.0 Å². The number of urea groups is 1. The number of amides is 2. The molecule has 0 aromatic heterocycles. The average molecular weight is 288 g/mol. The SMILES string of the molecule is CCCCCCCCNC(=O)NC(CC(=O)O)C(=O)O. The molecule has 7 heteroatoms. The first-order valence-corrected chi connectivity index (χ1v) is 6.96. The molecule has 4 N–H and O–H groups in total. The molecule has 0 aliphatic heterocycles. The molecule has 20 heavy (non-hydrogen) atoms. The highest BCUT2D eigenvalue weighted by Crippen LogP contribution is 2.04. The van der Waals surface area contributed by atoms with E-state index in [1.165, 1.54) is 19.3 Å². The molecule has 0 fully saturated rings. The van der Waals surface area contributed by atoms with Gasteiger partial charge in [0.05, 0.1) is 6.42 Å². The molecule has 1 unspecified atom stereocenters. The summed E-state index contributed by atoms with van der Waals surface area (Å²) in [6.07, 6.45) is 5.89. The molecule has 0 saturated carbocycles. The Labute approximate surface area is 118 Å². The van der Waals surface area contributed by atoms with Crippen LogP contribution in [0, 0.1) is 0 Å². The summed E-state index contributed by atoms with van der Waals surface area (Å²) in [6, 6.07) is -2.05. The highest BCUT2D eigenvalue weighted by Gasteiger charge is 2.22. The molecule has 0 saturated heterocycles. The predicted octanol–water partition coefficient (Wildman–Crippen LogP) is 1.57. The number of carbonyl (C=O) groups excluding carboxylic acids is 1. The van der Waals surface area contributed by atoms with Gasteiger partial charge in [0.25, 0.3) is 0 Å². The lowest BCUT2D eigenvalue weighted by molar-refractivity contribution is -0.145. The van der Waals surface area contributed by atoms with E-state index < -0.39 is 30.4 Å². The fraction of sp³-hybridized carbons (Fsp3) is 0.769. The van der Waals surface area contributed by atoms with Crippen molar-refractivity contribution in [2.24, 2.45) is 0 Å². The van der Waals surface area contributed by atoms with Crippen molar-refractivity contribution >= 4 is 18.0 Å². The van der Waals surface area contributed by atoms with Crippen LogP contribution in [-0.4, -0.2) is 40.8 Å². The number of hydrogen-bond donors (Lipinski definition) is 4. The highest BCUT2D eigenvalue weighted by atomic mass is 16.4. The largest absolute Gasteiger partial charge is 0.481 e. The van der Waals surface area contributed by atoms with Gasteiger partial charge in [-0.3, -0.25) is 4.79 Å². The van der Waals surface area contributed by atoms with Crippen molar-refractivity contribution < 1.29 is 24.6 Å². The second-order valence-corrected chi connectivity index (χ2v) is 4.66. The van der Waals surface area contributed by atoms with E-state index >= 15 is 0 Å². The van der Waals surface area contributed by atoms with E-state index in [1.54, 1.807) is 0 Å².